The van der Waals surface area contributed by atoms with Crippen molar-refractivity contribution in [3.05, 3.63) is 18.0 Å². The van der Waals surface area contributed by atoms with Crippen molar-refractivity contribution in [1.29, 1.82) is 0 Å². The maximum Gasteiger partial charge on any atom is 0.274 e. The highest BCUT2D eigenvalue weighted by Gasteiger charge is 2.14. The van der Waals surface area contributed by atoms with Gasteiger partial charge < -0.3 is 10.2 Å². The van der Waals surface area contributed by atoms with E-state index in [1.54, 1.807) is 22.7 Å². The number of amides is 1. The molecule has 5 nitrogen and oxygen atoms in total. The molecule has 1 amide bonds. The first-order valence-electron chi connectivity index (χ1n) is 5.51. The summed E-state index contributed by atoms with van der Waals surface area (Å²) in [5, 5.41) is 7.25. The Morgan fingerprint density at radius 1 is 1.59 bits per heavy atom. The van der Waals surface area contributed by atoms with Gasteiger partial charge in [0.2, 0.25) is 0 Å². The summed E-state index contributed by atoms with van der Waals surface area (Å²) < 4.78 is 1.79. The Morgan fingerprint density at radius 2 is 2.24 bits per heavy atom. The molecule has 0 aromatic carbocycles. The highest BCUT2D eigenvalue weighted by Crippen LogP contribution is 2.05. The second-order valence-corrected chi connectivity index (χ2v) is 4.10. The molecule has 1 N–H and O–H groups in total. The molecule has 0 radical (unpaired) electrons. The maximum atomic E-state index is 11.9. The number of carbonyl (C=O) groups is 1. The Kier molecular flexibility index (Phi) is 6.83. The summed E-state index contributed by atoms with van der Waals surface area (Å²) in [6, 6.07) is 2.04. The van der Waals surface area contributed by atoms with Crippen LogP contribution in [0.3, 0.4) is 0 Å². The lowest BCUT2D eigenvalue weighted by Crippen LogP contribution is -2.33. The van der Waals surface area contributed by atoms with E-state index in [-0.39, 0.29) is 24.4 Å². The van der Waals surface area contributed by atoms with E-state index in [9.17, 15) is 4.79 Å². The van der Waals surface area contributed by atoms with Crippen molar-refractivity contribution >= 4 is 18.3 Å². The minimum absolute atomic E-state index is 0. The number of hydrogen-bond donors (Lipinski definition) is 1. The van der Waals surface area contributed by atoms with Crippen molar-refractivity contribution in [3.63, 3.8) is 0 Å². The molecule has 0 bridgehead atoms. The van der Waals surface area contributed by atoms with Crippen molar-refractivity contribution in [2.24, 2.45) is 0 Å². The van der Waals surface area contributed by atoms with E-state index in [0.29, 0.717) is 12.2 Å². The largest absolute Gasteiger partial charge is 0.339 e. The molecule has 1 aromatic heterocycles. The fourth-order valence-electron chi connectivity index (χ4n) is 1.32. The van der Waals surface area contributed by atoms with E-state index in [0.717, 1.165) is 6.54 Å². The lowest BCUT2D eigenvalue weighted by atomic mass is 10.4. The third-order valence-corrected chi connectivity index (χ3v) is 2.40. The fraction of sp³-hybridized carbons (Fsp3) is 0.636. The Labute approximate surface area is 109 Å². The molecule has 0 aliphatic carbocycles. The molecule has 0 saturated carbocycles. The number of rotatable bonds is 5. The lowest BCUT2D eigenvalue weighted by molar-refractivity contribution is 0.0790. The Bertz CT molecular complexity index is 351. The van der Waals surface area contributed by atoms with Gasteiger partial charge in [0.05, 0.1) is 0 Å². The molecule has 0 unspecified atom stereocenters. The summed E-state index contributed by atoms with van der Waals surface area (Å²) in [5.74, 6) is -0.0327. The summed E-state index contributed by atoms with van der Waals surface area (Å²) in [5.41, 5.74) is 0.507. The summed E-state index contributed by atoms with van der Waals surface area (Å²) >= 11 is 0. The molecule has 17 heavy (non-hydrogen) atoms. The number of likely N-dealkylation sites (N-methyl/N-ethyl adjacent to an activating group) is 2. The minimum Gasteiger partial charge on any atom is -0.339 e. The molecule has 1 aromatic rings. The van der Waals surface area contributed by atoms with Crippen LogP contribution in [-0.2, 0) is 0 Å². The maximum absolute atomic E-state index is 11.9. The predicted molar refractivity (Wildman–Crippen MR) is 70.7 cm³/mol. The van der Waals surface area contributed by atoms with Gasteiger partial charge in [-0.3, -0.25) is 9.48 Å². The molecule has 6 heteroatoms. The zero-order chi connectivity index (χ0) is 12.1. The van der Waals surface area contributed by atoms with Crippen LogP contribution in [0.2, 0.25) is 0 Å². The molecule has 0 aliphatic rings. The zero-order valence-corrected chi connectivity index (χ0v) is 11.6. The van der Waals surface area contributed by atoms with Crippen molar-refractivity contribution in [2.75, 3.05) is 27.2 Å². The van der Waals surface area contributed by atoms with E-state index < -0.39 is 0 Å². The molecule has 0 spiro atoms. The third kappa shape index (κ3) is 4.36. The van der Waals surface area contributed by atoms with E-state index in [4.69, 9.17) is 0 Å². The zero-order valence-electron chi connectivity index (χ0n) is 10.8. The van der Waals surface area contributed by atoms with Crippen LogP contribution in [-0.4, -0.2) is 47.8 Å². The lowest BCUT2D eigenvalue weighted by Gasteiger charge is -2.15. The van der Waals surface area contributed by atoms with Crippen molar-refractivity contribution < 1.29 is 4.79 Å². The number of aromatic nitrogens is 2. The Hall–Kier alpha value is -1.07. The van der Waals surface area contributed by atoms with Crippen LogP contribution >= 0.6 is 12.4 Å². The van der Waals surface area contributed by atoms with E-state index in [1.807, 2.05) is 27.1 Å². The first-order valence-corrected chi connectivity index (χ1v) is 5.51. The quantitative estimate of drug-likeness (QED) is 0.865. The molecule has 0 fully saturated rings. The summed E-state index contributed by atoms with van der Waals surface area (Å²) in [7, 11) is 3.65. The second-order valence-electron chi connectivity index (χ2n) is 4.10. The van der Waals surface area contributed by atoms with Gasteiger partial charge in [-0.2, -0.15) is 5.10 Å². The van der Waals surface area contributed by atoms with E-state index >= 15 is 0 Å². The van der Waals surface area contributed by atoms with Gasteiger partial charge in [-0.1, -0.05) is 0 Å². The van der Waals surface area contributed by atoms with E-state index in [2.05, 4.69) is 10.4 Å². The minimum atomic E-state index is -0.0327. The summed E-state index contributed by atoms with van der Waals surface area (Å²) in [6.07, 6.45) is 1.84. The van der Waals surface area contributed by atoms with Crippen molar-refractivity contribution in [3.8, 4) is 0 Å². The monoisotopic (exact) mass is 260 g/mol. The molecule has 1 rings (SSSR count). The first kappa shape index (κ1) is 15.9. The number of carbonyl (C=O) groups excluding carboxylic acids is 1. The van der Waals surface area contributed by atoms with Gasteiger partial charge in [0.15, 0.2) is 0 Å². The van der Waals surface area contributed by atoms with Gasteiger partial charge in [-0.05, 0) is 27.0 Å². The molecular weight excluding hydrogens is 240 g/mol. The topological polar surface area (TPSA) is 50.2 Å². The van der Waals surface area contributed by atoms with Gasteiger partial charge in [0.25, 0.3) is 5.91 Å². The highest BCUT2D eigenvalue weighted by atomic mass is 35.5. The predicted octanol–water partition coefficient (Wildman–Crippen LogP) is 1.18. The van der Waals surface area contributed by atoms with Crippen LogP contribution in [0.25, 0.3) is 0 Å². The molecular formula is C11H21ClN4O. The van der Waals surface area contributed by atoms with Crippen LogP contribution in [0, 0.1) is 0 Å². The number of hydrogen-bond acceptors (Lipinski definition) is 3. The number of halogens is 1. The Balaban J connectivity index is 0.00000256. The number of nitrogens with one attached hydrogen (secondary N) is 1. The van der Waals surface area contributed by atoms with Crippen molar-refractivity contribution in [1.82, 2.24) is 20.0 Å². The van der Waals surface area contributed by atoms with Crippen molar-refractivity contribution in [2.45, 2.75) is 19.9 Å². The van der Waals surface area contributed by atoms with Gasteiger partial charge in [-0.15, -0.1) is 12.4 Å². The third-order valence-electron chi connectivity index (χ3n) is 2.40. The first-order chi connectivity index (χ1) is 7.56. The average Bonchev–Trinajstić information content (AvgIpc) is 2.74. The summed E-state index contributed by atoms with van der Waals surface area (Å²) in [4.78, 5) is 13.6. The Morgan fingerprint density at radius 3 is 2.71 bits per heavy atom. The standard InChI is InChI=1S/C11H20N4O.ClH/c1-9(2)15-7-5-10(13-15)11(16)14(4)8-6-12-3;/h5,7,9,12H,6,8H2,1-4H3;1H. The molecule has 0 saturated heterocycles. The molecule has 98 valence electrons. The molecule has 0 atom stereocenters. The van der Waals surface area contributed by atoms with Gasteiger partial charge in [-0.25, -0.2) is 0 Å². The SMILES string of the molecule is CNCCN(C)C(=O)c1ccn(C(C)C)n1.Cl. The van der Waals surface area contributed by atoms with Gasteiger partial charge in [0.1, 0.15) is 5.69 Å². The van der Waals surface area contributed by atoms with Crippen LogP contribution in [0.1, 0.15) is 30.4 Å². The second kappa shape index (κ2) is 7.29. The molecule has 0 aliphatic heterocycles. The van der Waals surface area contributed by atoms with Crippen LogP contribution in [0.15, 0.2) is 12.3 Å². The average molecular weight is 261 g/mol. The fourth-order valence-corrected chi connectivity index (χ4v) is 1.32. The van der Waals surface area contributed by atoms with E-state index in [1.165, 1.54) is 0 Å². The summed E-state index contributed by atoms with van der Waals surface area (Å²) in [6.45, 7) is 5.54. The molecule has 1 heterocycles. The van der Waals surface area contributed by atoms with Crippen LogP contribution in [0.5, 0.6) is 0 Å². The van der Waals surface area contributed by atoms with Crippen LogP contribution in [0.4, 0.5) is 0 Å². The highest BCUT2D eigenvalue weighted by molar-refractivity contribution is 5.92. The van der Waals surface area contributed by atoms with Crippen LogP contribution < -0.4 is 5.32 Å². The number of nitrogens with zero attached hydrogens (tertiary/aromatic N) is 3. The van der Waals surface area contributed by atoms with Gasteiger partial charge >= 0.3 is 0 Å². The normalized spacial score (nSPS) is 10.2. The van der Waals surface area contributed by atoms with Gasteiger partial charge in [0, 0.05) is 32.4 Å². The smallest absolute Gasteiger partial charge is 0.274 e.